The molecule has 1 N–H and O–H groups in total. The molecule has 0 unspecified atom stereocenters. The van der Waals surface area contributed by atoms with Crippen molar-refractivity contribution in [3.8, 4) is 17.2 Å². The van der Waals surface area contributed by atoms with Gasteiger partial charge >= 0.3 is 5.97 Å². The first kappa shape index (κ1) is 20.4. The molecule has 1 aliphatic heterocycles. The smallest absolute Gasteiger partial charge is 0.347 e. The Kier molecular flexibility index (Phi) is 5.35. The summed E-state index contributed by atoms with van der Waals surface area (Å²) in [5, 5.41) is 2.97. The van der Waals surface area contributed by atoms with Gasteiger partial charge in [-0.05, 0) is 36.4 Å². The van der Waals surface area contributed by atoms with E-state index in [1.807, 2.05) is 0 Å². The third-order valence-corrected chi connectivity index (χ3v) is 5.94. The first-order valence-corrected chi connectivity index (χ1v) is 10.6. The highest BCUT2D eigenvalue weighted by Crippen LogP contribution is 2.31. The average Bonchev–Trinajstić information content (AvgIpc) is 3.04. The van der Waals surface area contributed by atoms with Gasteiger partial charge in [0.2, 0.25) is 0 Å². The zero-order valence-electron chi connectivity index (χ0n) is 16.7. The summed E-state index contributed by atoms with van der Waals surface area (Å²) in [5.41, 5.74) is 1.04. The highest BCUT2D eigenvalue weighted by Gasteiger charge is 2.29. The van der Waals surface area contributed by atoms with Crippen LogP contribution in [0.25, 0.3) is 0 Å². The summed E-state index contributed by atoms with van der Waals surface area (Å²) in [4.78, 5) is 12.9. The number of nitrogens with one attached hydrogen (secondary N) is 1. The minimum atomic E-state index is -3.78. The normalized spacial score (nSPS) is 13.7. The van der Waals surface area contributed by atoms with Gasteiger partial charge in [-0.1, -0.05) is 24.3 Å². The van der Waals surface area contributed by atoms with E-state index in [9.17, 15) is 13.2 Å². The van der Waals surface area contributed by atoms with Gasteiger partial charge in [0.15, 0.2) is 11.6 Å². The van der Waals surface area contributed by atoms with Gasteiger partial charge in [-0.25, -0.2) is 4.79 Å². The Hall–Kier alpha value is -3.85. The number of carbonyl (C=O) groups excluding carboxylic acids is 1. The molecule has 31 heavy (non-hydrogen) atoms. The van der Waals surface area contributed by atoms with E-state index in [2.05, 4.69) is 9.71 Å². The molecule has 3 aromatic rings. The van der Waals surface area contributed by atoms with Crippen LogP contribution in [0.15, 0.2) is 76.0 Å². The van der Waals surface area contributed by atoms with Crippen molar-refractivity contribution in [2.24, 2.45) is 4.40 Å². The molecule has 158 valence electrons. The van der Waals surface area contributed by atoms with Gasteiger partial charge in [-0.2, -0.15) is 8.42 Å². The summed E-state index contributed by atoms with van der Waals surface area (Å²) in [7, 11) is -0.826. The maximum absolute atomic E-state index is 12.8. The van der Waals surface area contributed by atoms with Gasteiger partial charge in [0.1, 0.15) is 22.0 Å². The second-order valence-corrected chi connectivity index (χ2v) is 8.06. The third-order valence-electron chi connectivity index (χ3n) is 4.60. The maximum atomic E-state index is 12.8. The van der Waals surface area contributed by atoms with Crippen molar-refractivity contribution in [3.05, 3.63) is 77.9 Å². The second kappa shape index (κ2) is 8.11. The number of anilines is 1. The Labute approximate surface area is 179 Å². The zero-order chi connectivity index (χ0) is 22.0. The van der Waals surface area contributed by atoms with Crippen LogP contribution in [0.3, 0.4) is 0 Å². The Morgan fingerprint density at radius 1 is 0.903 bits per heavy atom. The molecule has 9 heteroatoms. The van der Waals surface area contributed by atoms with Crippen molar-refractivity contribution in [2.45, 2.75) is 4.90 Å². The van der Waals surface area contributed by atoms with Crippen LogP contribution in [0.2, 0.25) is 0 Å². The lowest BCUT2D eigenvalue weighted by molar-refractivity contribution is 0.0732. The second-order valence-electron chi connectivity index (χ2n) is 6.49. The standard InChI is InChI=1S/C22H18N2O6S/c1-28-14-11-12-15(19(13-14)29-2)22(25)30-18-9-5-4-8-17(18)23-21-16-7-3-6-10-20(16)31(26,27)24-21/h3-13H,1-2H3,(H,23,24). The fraction of sp³-hybridized carbons (Fsp3) is 0.0909. The molecule has 0 amide bonds. The van der Waals surface area contributed by atoms with Crippen LogP contribution in [0.4, 0.5) is 5.69 Å². The number of esters is 1. The predicted octanol–water partition coefficient (Wildman–Crippen LogP) is 3.48. The van der Waals surface area contributed by atoms with Gasteiger partial charge < -0.3 is 19.5 Å². The Morgan fingerprint density at radius 3 is 2.42 bits per heavy atom. The monoisotopic (exact) mass is 438 g/mol. The van der Waals surface area contributed by atoms with E-state index >= 15 is 0 Å². The molecule has 0 saturated carbocycles. The molecule has 0 atom stereocenters. The molecular formula is C22H18N2O6S. The Morgan fingerprint density at radius 2 is 1.65 bits per heavy atom. The molecular weight excluding hydrogens is 420 g/mol. The number of methoxy groups -OCH3 is 2. The van der Waals surface area contributed by atoms with E-state index in [-0.39, 0.29) is 22.0 Å². The topological polar surface area (TPSA) is 103 Å². The minimum Gasteiger partial charge on any atom is -0.497 e. The lowest BCUT2D eigenvalue weighted by Gasteiger charge is -2.13. The summed E-state index contributed by atoms with van der Waals surface area (Å²) >= 11 is 0. The molecule has 1 aliphatic rings. The van der Waals surface area contributed by atoms with Gasteiger partial charge in [0.05, 0.1) is 19.9 Å². The fourth-order valence-corrected chi connectivity index (χ4v) is 4.28. The van der Waals surface area contributed by atoms with Crippen molar-refractivity contribution < 1.29 is 27.4 Å². The highest BCUT2D eigenvalue weighted by atomic mass is 32.2. The van der Waals surface area contributed by atoms with Gasteiger partial charge in [-0.15, -0.1) is 4.40 Å². The SMILES string of the molecule is COc1ccc(C(=O)Oc2ccccc2NC2=NS(=O)(=O)c3ccccc32)c(OC)c1. The Balaban J connectivity index is 1.63. The van der Waals surface area contributed by atoms with Crippen molar-refractivity contribution in [2.75, 3.05) is 19.5 Å². The number of carbonyl (C=O) groups is 1. The van der Waals surface area contributed by atoms with Crippen molar-refractivity contribution in [3.63, 3.8) is 0 Å². The van der Waals surface area contributed by atoms with Crippen LogP contribution >= 0.6 is 0 Å². The number of ether oxygens (including phenoxy) is 3. The summed E-state index contributed by atoms with van der Waals surface area (Å²) < 4.78 is 44.4. The Bertz CT molecular complexity index is 1300. The summed E-state index contributed by atoms with van der Waals surface area (Å²) in [5.74, 6) is 0.552. The first-order valence-electron chi connectivity index (χ1n) is 9.17. The number of amidine groups is 1. The number of fused-ring (bicyclic) bond motifs is 1. The van der Waals surface area contributed by atoms with Crippen molar-refractivity contribution >= 4 is 27.5 Å². The van der Waals surface area contributed by atoms with Gasteiger partial charge in [-0.3, -0.25) is 0 Å². The predicted molar refractivity (Wildman–Crippen MR) is 115 cm³/mol. The highest BCUT2D eigenvalue weighted by molar-refractivity contribution is 7.90. The maximum Gasteiger partial charge on any atom is 0.347 e. The quantitative estimate of drug-likeness (QED) is 0.480. The van der Waals surface area contributed by atoms with Crippen LogP contribution < -0.4 is 19.5 Å². The molecule has 0 bridgehead atoms. The largest absolute Gasteiger partial charge is 0.497 e. The van der Waals surface area contributed by atoms with E-state index in [0.29, 0.717) is 22.7 Å². The molecule has 0 saturated heterocycles. The summed E-state index contributed by atoms with van der Waals surface area (Å²) in [6, 6.07) is 17.9. The summed E-state index contributed by atoms with van der Waals surface area (Å²) in [6.45, 7) is 0. The first-order chi connectivity index (χ1) is 14.9. The number of hydrogen-bond donors (Lipinski definition) is 1. The van der Waals surface area contributed by atoms with Gasteiger partial charge in [0, 0.05) is 11.6 Å². The molecule has 0 radical (unpaired) electrons. The number of sulfonamides is 1. The number of hydrogen-bond acceptors (Lipinski definition) is 7. The molecule has 4 rings (SSSR count). The lowest BCUT2D eigenvalue weighted by atomic mass is 10.2. The third kappa shape index (κ3) is 3.95. The fourth-order valence-electron chi connectivity index (χ4n) is 3.10. The number of rotatable bonds is 5. The number of nitrogens with zero attached hydrogens (tertiary/aromatic N) is 1. The molecule has 8 nitrogen and oxygen atoms in total. The van der Waals surface area contributed by atoms with Gasteiger partial charge in [0.25, 0.3) is 10.0 Å². The zero-order valence-corrected chi connectivity index (χ0v) is 17.5. The van der Waals surface area contributed by atoms with Crippen LogP contribution in [0, 0.1) is 0 Å². The molecule has 0 aliphatic carbocycles. The van der Waals surface area contributed by atoms with Crippen molar-refractivity contribution in [1.82, 2.24) is 0 Å². The number of benzene rings is 3. The van der Waals surface area contributed by atoms with E-state index in [4.69, 9.17) is 14.2 Å². The van der Waals surface area contributed by atoms with E-state index in [0.717, 1.165) is 0 Å². The van der Waals surface area contributed by atoms with Crippen LogP contribution in [0.1, 0.15) is 15.9 Å². The number of para-hydroxylation sites is 2. The molecule has 0 aromatic heterocycles. The van der Waals surface area contributed by atoms with E-state index < -0.39 is 16.0 Å². The van der Waals surface area contributed by atoms with E-state index in [1.54, 1.807) is 60.7 Å². The minimum absolute atomic E-state index is 0.120. The molecule has 0 fully saturated rings. The molecule has 3 aromatic carbocycles. The van der Waals surface area contributed by atoms with Crippen molar-refractivity contribution in [1.29, 1.82) is 0 Å². The van der Waals surface area contributed by atoms with Crippen LogP contribution in [0.5, 0.6) is 17.2 Å². The van der Waals surface area contributed by atoms with E-state index in [1.165, 1.54) is 20.3 Å². The van der Waals surface area contributed by atoms with Crippen LogP contribution in [-0.2, 0) is 10.0 Å². The van der Waals surface area contributed by atoms with Crippen LogP contribution in [-0.4, -0.2) is 34.4 Å². The average molecular weight is 438 g/mol. The molecule has 0 spiro atoms. The molecule has 1 heterocycles. The summed E-state index contributed by atoms with van der Waals surface area (Å²) in [6.07, 6.45) is 0. The lowest BCUT2D eigenvalue weighted by Crippen LogP contribution is -2.15.